The fourth-order valence-electron chi connectivity index (χ4n) is 0.888. The highest BCUT2D eigenvalue weighted by Crippen LogP contribution is 2.48. The summed E-state index contributed by atoms with van der Waals surface area (Å²) in [6.07, 6.45) is -11.8. The molecule has 9 heteroatoms. The fraction of sp³-hybridized carbons (Fsp3) is 0.800. The second kappa shape index (κ2) is 2.75. The lowest BCUT2D eigenvalue weighted by Crippen LogP contribution is -2.61. The van der Waals surface area contributed by atoms with Crippen molar-refractivity contribution in [2.24, 2.45) is 0 Å². The maximum absolute atomic E-state index is 12.0. The van der Waals surface area contributed by atoms with Gasteiger partial charge in [0.05, 0.1) is 0 Å². The third-order valence-corrected chi connectivity index (χ3v) is 1.55. The molecule has 0 amide bonds. The smallest absolute Gasteiger partial charge is 0.436 e. The van der Waals surface area contributed by atoms with Crippen molar-refractivity contribution in [3.8, 4) is 0 Å². The van der Waals surface area contributed by atoms with Crippen molar-refractivity contribution < 1.29 is 40.6 Å². The maximum Gasteiger partial charge on any atom is 0.437 e. The van der Waals surface area contributed by atoms with E-state index in [9.17, 15) is 31.1 Å². The zero-order valence-electron chi connectivity index (χ0n) is 6.20. The Morgan fingerprint density at radius 1 is 1.07 bits per heavy atom. The maximum atomic E-state index is 12.0. The number of alkyl halides is 6. The molecule has 0 N–H and O–H groups in total. The number of cyclic esters (lactones) is 1. The summed E-state index contributed by atoms with van der Waals surface area (Å²) in [6.45, 7) is -1.36. The van der Waals surface area contributed by atoms with Crippen LogP contribution < -0.4 is 0 Å². The SMILES string of the molecule is O=C1OCOC1(C(F)(F)F)C(F)(F)F. The van der Waals surface area contributed by atoms with Crippen LogP contribution >= 0.6 is 0 Å². The Kier molecular flexibility index (Phi) is 2.18. The van der Waals surface area contributed by atoms with E-state index in [-0.39, 0.29) is 0 Å². The third kappa shape index (κ3) is 1.22. The second-order valence-corrected chi connectivity index (χ2v) is 2.37. The van der Waals surface area contributed by atoms with Crippen molar-refractivity contribution in [1.29, 1.82) is 0 Å². The van der Waals surface area contributed by atoms with Crippen LogP contribution in [0.5, 0.6) is 0 Å². The highest BCUT2D eigenvalue weighted by Gasteiger charge is 2.80. The molecule has 0 radical (unpaired) electrons. The van der Waals surface area contributed by atoms with Crippen molar-refractivity contribution in [2.45, 2.75) is 18.0 Å². The number of rotatable bonds is 0. The van der Waals surface area contributed by atoms with Gasteiger partial charge < -0.3 is 9.47 Å². The normalized spacial score (nSPS) is 22.3. The first kappa shape index (κ1) is 11.1. The minimum atomic E-state index is -5.89. The monoisotopic (exact) mass is 224 g/mol. The number of halogens is 6. The lowest BCUT2D eigenvalue weighted by atomic mass is 10.0. The number of carbonyl (C=O) groups is 1. The Hall–Kier alpha value is -0.990. The van der Waals surface area contributed by atoms with Gasteiger partial charge in [0.25, 0.3) is 0 Å². The molecule has 0 bridgehead atoms. The predicted molar refractivity (Wildman–Crippen MR) is 26.9 cm³/mol. The van der Waals surface area contributed by atoms with Crippen molar-refractivity contribution in [1.82, 2.24) is 0 Å². The number of ether oxygens (including phenoxy) is 2. The zero-order chi connectivity index (χ0) is 11.2. The van der Waals surface area contributed by atoms with Gasteiger partial charge in [-0.2, -0.15) is 26.3 Å². The van der Waals surface area contributed by atoms with Crippen LogP contribution in [0, 0.1) is 0 Å². The molecule has 1 saturated heterocycles. The van der Waals surface area contributed by atoms with Crippen LogP contribution in [0.3, 0.4) is 0 Å². The Labute approximate surface area is 72.6 Å². The molecule has 0 aliphatic carbocycles. The van der Waals surface area contributed by atoms with Crippen LogP contribution in [-0.4, -0.2) is 30.7 Å². The molecule has 0 aromatic heterocycles. The Morgan fingerprint density at radius 3 is 1.64 bits per heavy atom. The molecule has 0 unspecified atom stereocenters. The van der Waals surface area contributed by atoms with E-state index >= 15 is 0 Å². The quantitative estimate of drug-likeness (QED) is 0.460. The van der Waals surface area contributed by atoms with Crippen molar-refractivity contribution >= 4 is 5.97 Å². The number of carbonyl (C=O) groups excluding carboxylic acids is 1. The molecule has 0 saturated carbocycles. The van der Waals surface area contributed by atoms with Gasteiger partial charge in [0.15, 0.2) is 6.79 Å². The van der Waals surface area contributed by atoms with Crippen LogP contribution in [0.4, 0.5) is 26.3 Å². The van der Waals surface area contributed by atoms with E-state index in [1.54, 1.807) is 0 Å². The number of esters is 1. The van der Waals surface area contributed by atoms with Crippen molar-refractivity contribution in [3.05, 3.63) is 0 Å². The Balaban J connectivity index is 3.23. The summed E-state index contributed by atoms with van der Waals surface area (Å²) in [4.78, 5) is 10.4. The van der Waals surface area contributed by atoms with E-state index in [0.29, 0.717) is 0 Å². The lowest BCUT2D eigenvalue weighted by Gasteiger charge is -2.27. The Morgan fingerprint density at radius 2 is 1.50 bits per heavy atom. The summed E-state index contributed by atoms with van der Waals surface area (Å²) in [5.41, 5.74) is -4.83. The summed E-state index contributed by atoms with van der Waals surface area (Å²) >= 11 is 0. The largest absolute Gasteiger partial charge is 0.437 e. The molecule has 1 rings (SSSR count). The molecule has 1 aliphatic rings. The van der Waals surface area contributed by atoms with Gasteiger partial charge in [0.2, 0.25) is 0 Å². The average Bonchev–Trinajstić information content (AvgIpc) is 2.27. The van der Waals surface area contributed by atoms with Gasteiger partial charge in [0, 0.05) is 0 Å². The topological polar surface area (TPSA) is 35.5 Å². The minimum Gasteiger partial charge on any atom is -0.436 e. The van der Waals surface area contributed by atoms with Gasteiger partial charge in [-0.05, 0) is 0 Å². The summed E-state index contributed by atoms with van der Waals surface area (Å²) in [7, 11) is 0. The first-order chi connectivity index (χ1) is 6.13. The Bertz CT molecular complexity index is 239. The summed E-state index contributed by atoms with van der Waals surface area (Å²) in [5.74, 6) is -2.49. The van der Waals surface area contributed by atoms with Gasteiger partial charge in [-0.1, -0.05) is 0 Å². The van der Waals surface area contributed by atoms with Gasteiger partial charge in [0.1, 0.15) is 0 Å². The van der Waals surface area contributed by atoms with Gasteiger partial charge in [-0.15, -0.1) is 0 Å². The molecule has 0 spiro atoms. The molecule has 82 valence electrons. The van der Waals surface area contributed by atoms with E-state index < -0.39 is 30.7 Å². The standard InChI is InChI=1S/C5H2F6O3/c6-4(7,8)3(5(9,10)11)2(12)13-1-14-3/h1H2. The summed E-state index contributed by atoms with van der Waals surface area (Å²) in [5, 5.41) is 0. The van der Waals surface area contributed by atoms with Crippen LogP contribution in [0.2, 0.25) is 0 Å². The first-order valence-corrected chi connectivity index (χ1v) is 3.07. The van der Waals surface area contributed by atoms with Gasteiger partial charge in [-0.25, -0.2) is 4.79 Å². The minimum absolute atomic E-state index is 1.36. The molecular weight excluding hydrogens is 222 g/mol. The highest BCUT2D eigenvalue weighted by molar-refractivity contribution is 5.83. The lowest BCUT2D eigenvalue weighted by molar-refractivity contribution is -0.352. The molecule has 0 atom stereocenters. The summed E-state index contributed by atoms with van der Waals surface area (Å²) in [6, 6.07) is 0. The highest BCUT2D eigenvalue weighted by atomic mass is 19.4. The average molecular weight is 224 g/mol. The van der Waals surface area contributed by atoms with E-state index in [4.69, 9.17) is 0 Å². The molecule has 3 nitrogen and oxygen atoms in total. The van der Waals surface area contributed by atoms with E-state index in [1.807, 2.05) is 0 Å². The van der Waals surface area contributed by atoms with Gasteiger partial charge in [-0.3, -0.25) is 0 Å². The molecular formula is C5H2F6O3. The van der Waals surface area contributed by atoms with Crippen molar-refractivity contribution in [2.75, 3.05) is 6.79 Å². The van der Waals surface area contributed by atoms with Crippen LogP contribution in [0.15, 0.2) is 0 Å². The molecule has 14 heavy (non-hydrogen) atoms. The molecule has 0 aromatic rings. The second-order valence-electron chi connectivity index (χ2n) is 2.37. The van der Waals surface area contributed by atoms with Crippen LogP contribution in [0.1, 0.15) is 0 Å². The predicted octanol–water partition coefficient (Wildman–Crippen LogP) is 1.38. The van der Waals surface area contributed by atoms with Crippen LogP contribution in [0.25, 0.3) is 0 Å². The zero-order valence-corrected chi connectivity index (χ0v) is 6.20. The number of hydrogen-bond donors (Lipinski definition) is 0. The third-order valence-electron chi connectivity index (χ3n) is 1.55. The van der Waals surface area contributed by atoms with Crippen LogP contribution in [-0.2, 0) is 14.3 Å². The summed E-state index contributed by atoms with van der Waals surface area (Å²) < 4.78 is 79.0. The van der Waals surface area contributed by atoms with Gasteiger partial charge >= 0.3 is 23.9 Å². The molecule has 1 aliphatic heterocycles. The first-order valence-electron chi connectivity index (χ1n) is 3.07. The van der Waals surface area contributed by atoms with E-state index in [2.05, 4.69) is 9.47 Å². The molecule has 0 aromatic carbocycles. The fourth-order valence-corrected chi connectivity index (χ4v) is 0.888. The number of hydrogen-bond acceptors (Lipinski definition) is 3. The molecule has 1 fully saturated rings. The van der Waals surface area contributed by atoms with E-state index in [1.165, 1.54) is 0 Å². The van der Waals surface area contributed by atoms with E-state index in [0.717, 1.165) is 0 Å². The van der Waals surface area contributed by atoms with Crippen molar-refractivity contribution in [3.63, 3.8) is 0 Å². The molecule has 1 heterocycles.